The van der Waals surface area contributed by atoms with Gasteiger partial charge in [-0.1, -0.05) is 56.2 Å². The van der Waals surface area contributed by atoms with Crippen LogP contribution >= 0.6 is 0 Å². The first-order valence-electron chi connectivity index (χ1n) is 9.78. The van der Waals surface area contributed by atoms with E-state index in [0.717, 1.165) is 32.1 Å². The highest BCUT2D eigenvalue weighted by Gasteiger charge is 2.60. The van der Waals surface area contributed by atoms with Gasteiger partial charge in [0.1, 0.15) is 0 Å². The van der Waals surface area contributed by atoms with Gasteiger partial charge in [-0.05, 0) is 48.1 Å². The SMILES string of the molecule is CC(C)(C)[C@H]1CCC2(OCCO2)[C@@](CCCN=[N+]=[N-])(c2ccccc2)C1. The monoisotopic (exact) mass is 357 g/mol. The van der Waals surface area contributed by atoms with E-state index in [1.807, 2.05) is 0 Å². The molecule has 1 spiro atoms. The summed E-state index contributed by atoms with van der Waals surface area (Å²) < 4.78 is 12.7. The van der Waals surface area contributed by atoms with Crippen LogP contribution in [0.25, 0.3) is 10.4 Å². The molecule has 3 rings (SSSR count). The minimum Gasteiger partial charge on any atom is -0.347 e. The summed E-state index contributed by atoms with van der Waals surface area (Å²) in [5.41, 5.74) is 9.97. The number of nitrogens with zero attached hydrogens (tertiary/aromatic N) is 3. The zero-order chi connectivity index (χ0) is 18.7. The van der Waals surface area contributed by atoms with Gasteiger partial charge in [0.2, 0.25) is 0 Å². The largest absolute Gasteiger partial charge is 0.347 e. The third-order valence-electron chi connectivity index (χ3n) is 6.38. The van der Waals surface area contributed by atoms with Crippen molar-refractivity contribution in [1.29, 1.82) is 0 Å². The van der Waals surface area contributed by atoms with Crippen LogP contribution in [-0.4, -0.2) is 25.5 Å². The van der Waals surface area contributed by atoms with Crippen molar-refractivity contribution in [3.8, 4) is 0 Å². The first-order chi connectivity index (χ1) is 12.4. The minimum atomic E-state index is -0.549. The maximum absolute atomic E-state index is 8.65. The average molecular weight is 357 g/mol. The van der Waals surface area contributed by atoms with Crippen molar-refractivity contribution in [1.82, 2.24) is 0 Å². The first kappa shape index (κ1) is 19.2. The van der Waals surface area contributed by atoms with Gasteiger partial charge >= 0.3 is 0 Å². The molecule has 1 aromatic carbocycles. The van der Waals surface area contributed by atoms with Crippen LogP contribution in [0.15, 0.2) is 35.4 Å². The molecule has 1 saturated carbocycles. The molecule has 2 fully saturated rings. The fourth-order valence-electron chi connectivity index (χ4n) is 4.92. The van der Waals surface area contributed by atoms with Crippen LogP contribution in [0.5, 0.6) is 0 Å². The van der Waals surface area contributed by atoms with Crippen molar-refractivity contribution in [2.24, 2.45) is 16.4 Å². The highest BCUT2D eigenvalue weighted by atomic mass is 16.7. The number of ether oxygens (including phenoxy) is 2. The van der Waals surface area contributed by atoms with Crippen molar-refractivity contribution in [2.45, 2.75) is 64.1 Å². The molecule has 0 bridgehead atoms. The Morgan fingerprint density at radius 1 is 1.19 bits per heavy atom. The Labute approximate surface area is 156 Å². The molecule has 0 radical (unpaired) electrons. The molecule has 0 unspecified atom stereocenters. The van der Waals surface area contributed by atoms with E-state index in [1.54, 1.807) is 0 Å². The quantitative estimate of drug-likeness (QED) is 0.298. The number of azide groups is 1. The van der Waals surface area contributed by atoms with Crippen LogP contribution in [0.2, 0.25) is 0 Å². The maximum atomic E-state index is 8.65. The zero-order valence-corrected chi connectivity index (χ0v) is 16.3. The molecular formula is C21H31N3O2. The van der Waals surface area contributed by atoms with E-state index in [0.29, 0.717) is 25.7 Å². The summed E-state index contributed by atoms with van der Waals surface area (Å²) in [7, 11) is 0. The molecule has 1 heterocycles. The second kappa shape index (κ2) is 7.59. The van der Waals surface area contributed by atoms with Gasteiger partial charge in [-0.15, -0.1) is 0 Å². The number of rotatable bonds is 5. The molecule has 0 N–H and O–H groups in total. The summed E-state index contributed by atoms with van der Waals surface area (Å²) in [4.78, 5) is 2.92. The molecular weight excluding hydrogens is 326 g/mol. The van der Waals surface area contributed by atoms with Crippen molar-refractivity contribution in [3.05, 3.63) is 46.3 Å². The van der Waals surface area contributed by atoms with Gasteiger partial charge in [0, 0.05) is 23.3 Å². The Kier molecular flexibility index (Phi) is 5.61. The third-order valence-corrected chi connectivity index (χ3v) is 6.38. The molecule has 0 amide bonds. The van der Waals surface area contributed by atoms with E-state index in [9.17, 15) is 0 Å². The lowest BCUT2D eigenvalue weighted by molar-refractivity contribution is -0.240. The van der Waals surface area contributed by atoms with E-state index < -0.39 is 5.79 Å². The molecule has 2 aliphatic rings. The maximum Gasteiger partial charge on any atom is 0.178 e. The highest BCUT2D eigenvalue weighted by Crippen LogP contribution is 2.57. The number of benzene rings is 1. The van der Waals surface area contributed by atoms with Gasteiger partial charge in [0.15, 0.2) is 5.79 Å². The Morgan fingerprint density at radius 3 is 2.50 bits per heavy atom. The molecule has 26 heavy (non-hydrogen) atoms. The predicted molar refractivity (Wildman–Crippen MR) is 103 cm³/mol. The smallest absolute Gasteiger partial charge is 0.178 e. The molecule has 1 saturated heterocycles. The second-order valence-corrected chi connectivity index (χ2v) is 8.76. The van der Waals surface area contributed by atoms with E-state index in [4.69, 9.17) is 15.0 Å². The Morgan fingerprint density at radius 2 is 1.88 bits per heavy atom. The van der Waals surface area contributed by atoms with Gasteiger partial charge in [0.05, 0.1) is 13.2 Å². The molecule has 0 aromatic heterocycles. The first-order valence-corrected chi connectivity index (χ1v) is 9.78. The normalized spacial score (nSPS) is 28.0. The van der Waals surface area contributed by atoms with Gasteiger partial charge in [-0.2, -0.15) is 0 Å². The predicted octanol–water partition coefficient (Wildman–Crippen LogP) is 5.60. The fourth-order valence-corrected chi connectivity index (χ4v) is 4.92. The lowest BCUT2D eigenvalue weighted by Gasteiger charge is -2.55. The van der Waals surface area contributed by atoms with Gasteiger partial charge < -0.3 is 9.47 Å². The molecule has 2 atom stereocenters. The summed E-state index contributed by atoms with van der Waals surface area (Å²) in [5, 5.41) is 3.76. The lowest BCUT2D eigenvalue weighted by Crippen LogP contribution is -2.57. The van der Waals surface area contributed by atoms with Crippen molar-refractivity contribution in [3.63, 3.8) is 0 Å². The van der Waals surface area contributed by atoms with E-state index in [-0.39, 0.29) is 10.8 Å². The molecule has 1 aromatic rings. The van der Waals surface area contributed by atoms with E-state index in [1.165, 1.54) is 5.56 Å². The fraction of sp³-hybridized carbons (Fsp3) is 0.714. The summed E-state index contributed by atoms with van der Waals surface area (Å²) in [6.07, 6.45) is 4.82. The molecule has 5 nitrogen and oxygen atoms in total. The summed E-state index contributed by atoms with van der Waals surface area (Å²) in [5.74, 6) is 0.0486. The summed E-state index contributed by atoms with van der Waals surface area (Å²) in [6.45, 7) is 8.84. The zero-order valence-electron chi connectivity index (χ0n) is 16.3. The lowest BCUT2D eigenvalue weighted by atomic mass is 9.56. The number of hydrogen-bond acceptors (Lipinski definition) is 3. The van der Waals surface area contributed by atoms with Crippen molar-refractivity contribution >= 4 is 0 Å². The van der Waals surface area contributed by atoms with Crippen molar-refractivity contribution < 1.29 is 9.47 Å². The molecule has 1 aliphatic heterocycles. The van der Waals surface area contributed by atoms with Crippen LogP contribution in [0.1, 0.15) is 58.4 Å². The number of hydrogen-bond donors (Lipinski definition) is 0. The summed E-state index contributed by atoms with van der Waals surface area (Å²) >= 11 is 0. The van der Waals surface area contributed by atoms with Crippen LogP contribution < -0.4 is 0 Å². The molecule has 5 heteroatoms. The summed E-state index contributed by atoms with van der Waals surface area (Å²) in [6, 6.07) is 10.7. The minimum absolute atomic E-state index is 0.202. The highest BCUT2D eigenvalue weighted by molar-refractivity contribution is 5.31. The van der Waals surface area contributed by atoms with Crippen LogP contribution in [0, 0.1) is 11.3 Å². The van der Waals surface area contributed by atoms with Crippen LogP contribution in [-0.2, 0) is 14.9 Å². The molecule has 1 aliphatic carbocycles. The van der Waals surface area contributed by atoms with Crippen molar-refractivity contribution in [2.75, 3.05) is 19.8 Å². The standard InChI is InChI=1S/C21H31N3O2/c1-19(2,3)18-10-12-21(25-14-15-26-21)20(16-18,11-7-13-23-24-22)17-8-5-4-6-9-17/h4-6,8-9,18H,7,10-16H2,1-3H3/t18-,20+/m0/s1. The molecule has 142 valence electrons. The Bertz CT molecular complexity index is 643. The van der Waals surface area contributed by atoms with E-state index >= 15 is 0 Å². The van der Waals surface area contributed by atoms with Crippen LogP contribution in [0.4, 0.5) is 0 Å². The Balaban J connectivity index is 2.03. The van der Waals surface area contributed by atoms with Gasteiger partial charge in [0.25, 0.3) is 0 Å². The van der Waals surface area contributed by atoms with Gasteiger partial charge in [-0.3, -0.25) is 0 Å². The third kappa shape index (κ3) is 3.48. The van der Waals surface area contributed by atoms with Crippen LogP contribution in [0.3, 0.4) is 0 Å². The second-order valence-electron chi connectivity index (χ2n) is 8.76. The van der Waals surface area contributed by atoms with E-state index in [2.05, 4.69) is 61.1 Å². The average Bonchev–Trinajstić information content (AvgIpc) is 3.10. The van der Waals surface area contributed by atoms with Gasteiger partial charge in [-0.25, -0.2) is 0 Å². The topological polar surface area (TPSA) is 67.2 Å². The Hall–Kier alpha value is -1.55.